The van der Waals surface area contributed by atoms with E-state index in [4.69, 9.17) is 11.6 Å². The highest BCUT2D eigenvalue weighted by Gasteiger charge is 2.31. The number of hydrogen-bond donors (Lipinski definition) is 1. The predicted octanol–water partition coefficient (Wildman–Crippen LogP) is 3.44. The third kappa shape index (κ3) is 3.72. The Labute approximate surface area is 125 Å². The van der Waals surface area contributed by atoms with Crippen LogP contribution in [0.5, 0.6) is 0 Å². The number of nitrogens with zero attached hydrogens (tertiary/aromatic N) is 1. The van der Waals surface area contributed by atoms with Crippen molar-refractivity contribution in [2.75, 3.05) is 19.6 Å². The van der Waals surface area contributed by atoms with Crippen molar-refractivity contribution in [2.45, 2.75) is 38.3 Å². The standard InChI is InChI=1S/C16H22ClFN2/c17-14-4-3-13(16(18)8-14)11-20(15-5-6-15)10-12-2-1-7-19-9-12/h3-4,8,12,15,19H,1-2,5-7,9-11H2. The van der Waals surface area contributed by atoms with Gasteiger partial charge >= 0.3 is 0 Å². The van der Waals surface area contributed by atoms with E-state index >= 15 is 0 Å². The van der Waals surface area contributed by atoms with Crippen molar-refractivity contribution in [1.82, 2.24) is 10.2 Å². The smallest absolute Gasteiger partial charge is 0.129 e. The van der Waals surface area contributed by atoms with Crippen LogP contribution in [-0.2, 0) is 6.54 Å². The summed E-state index contributed by atoms with van der Waals surface area (Å²) in [5.41, 5.74) is 0.769. The second kappa shape index (κ2) is 6.42. The summed E-state index contributed by atoms with van der Waals surface area (Å²) >= 11 is 5.82. The van der Waals surface area contributed by atoms with Gasteiger partial charge in [-0.2, -0.15) is 0 Å². The summed E-state index contributed by atoms with van der Waals surface area (Å²) in [6.07, 6.45) is 5.07. The van der Waals surface area contributed by atoms with Gasteiger partial charge in [0.25, 0.3) is 0 Å². The zero-order chi connectivity index (χ0) is 13.9. The van der Waals surface area contributed by atoms with Crippen LogP contribution in [0.2, 0.25) is 5.02 Å². The van der Waals surface area contributed by atoms with Gasteiger partial charge in [-0.25, -0.2) is 4.39 Å². The topological polar surface area (TPSA) is 15.3 Å². The molecule has 0 amide bonds. The van der Waals surface area contributed by atoms with Crippen molar-refractivity contribution >= 4 is 11.6 Å². The molecular formula is C16H22ClFN2. The van der Waals surface area contributed by atoms with Crippen molar-refractivity contribution in [2.24, 2.45) is 5.92 Å². The van der Waals surface area contributed by atoms with Gasteiger partial charge in [0.05, 0.1) is 0 Å². The highest BCUT2D eigenvalue weighted by atomic mass is 35.5. The first-order valence-electron chi connectivity index (χ1n) is 7.61. The molecule has 0 aromatic heterocycles. The highest BCUT2D eigenvalue weighted by molar-refractivity contribution is 6.30. The minimum atomic E-state index is -0.176. The van der Waals surface area contributed by atoms with Crippen LogP contribution in [0.25, 0.3) is 0 Å². The summed E-state index contributed by atoms with van der Waals surface area (Å²) in [7, 11) is 0. The van der Waals surface area contributed by atoms with E-state index in [0.29, 0.717) is 23.5 Å². The molecule has 110 valence electrons. The van der Waals surface area contributed by atoms with Crippen LogP contribution in [0, 0.1) is 11.7 Å². The second-order valence-electron chi connectivity index (χ2n) is 6.11. The zero-order valence-corrected chi connectivity index (χ0v) is 12.5. The van der Waals surface area contributed by atoms with Gasteiger partial charge < -0.3 is 5.32 Å². The monoisotopic (exact) mass is 296 g/mol. The summed E-state index contributed by atoms with van der Waals surface area (Å²) in [4.78, 5) is 2.46. The highest BCUT2D eigenvalue weighted by Crippen LogP contribution is 2.30. The molecule has 2 fully saturated rings. The van der Waals surface area contributed by atoms with Gasteiger partial charge in [0.1, 0.15) is 5.82 Å². The van der Waals surface area contributed by atoms with Gasteiger partial charge in [-0.3, -0.25) is 4.90 Å². The largest absolute Gasteiger partial charge is 0.316 e. The maximum absolute atomic E-state index is 13.9. The number of halogens is 2. The summed E-state index contributed by atoms with van der Waals surface area (Å²) in [6.45, 7) is 4.04. The molecule has 0 bridgehead atoms. The van der Waals surface area contributed by atoms with Crippen LogP contribution in [0.15, 0.2) is 18.2 Å². The minimum Gasteiger partial charge on any atom is -0.316 e. The van der Waals surface area contributed by atoms with E-state index in [1.54, 1.807) is 6.07 Å². The average Bonchev–Trinajstić information content (AvgIpc) is 3.26. The van der Waals surface area contributed by atoms with Crippen molar-refractivity contribution < 1.29 is 4.39 Å². The lowest BCUT2D eigenvalue weighted by Crippen LogP contribution is -2.39. The molecule has 1 aromatic rings. The van der Waals surface area contributed by atoms with Gasteiger partial charge in [-0.15, -0.1) is 0 Å². The molecule has 1 atom stereocenters. The molecule has 2 aliphatic rings. The Balaban J connectivity index is 1.64. The van der Waals surface area contributed by atoms with Crippen LogP contribution in [0.1, 0.15) is 31.2 Å². The van der Waals surface area contributed by atoms with Crippen molar-refractivity contribution in [1.29, 1.82) is 0 Å². The molecule has 1 unspecified atom stereocenters. The number of nitrogens with one attached hydrogen (secondary N) is 1. The molecular weight excluding hydrogens is 275 g/mol. The predicted molar refractivity (Wildman–Crippen MR) is 80.4 cm³/mol. The molecule has 0 radical (unpaired) electrons. The van der Waals surface area contributed by atoms with Gasteiger partial charge in [-0.05, 0) is 56.8 Å². The van der Waals surface area contributed by atoms with Crippen molar-refractivity contribution in [3.8, 4) is 0 Å². The van der Waals surface area contributed by atoms with Crippen LogP contribution < -0.4 is 5.32 Å². The molecule has 4 heteroatoms. The normalized spacial score (nSPS) is 23.2. The van der Waals surface area contributed by atoms with Gasteiger partial charge in [0.2, 0.25) is 0 Å². The Morgan fingerprint density at radius 3 is 2.80 bits per heavy atom. The van der Waals surface area contributed by atoms with E-state index in [1.807, 2.05) is 6.07 Å². The maximum atomic E-state index is 13.9. The molecule has 20 heavy (non-hydrogen) atoms. The molecule has 1 saturated carbocycles. The van der Waals surface area contributed by atoms with Gasteiger partial charge in [-0.1, -0.05) is 17.7 Å². The van der Waals surface area contributed by atoms with E-state index in [-0.39, 0.29) is 5.82 Å². The maximum Gasteiger partial charge on any atom is 0.129 e. The Kier molecular flexibility index (Phi) is 4.59. The minimum absolute atomic E-state index is 0.176. The van der Waals surface area contributed by atoms with Crippen LogP contribution in [0.3, 0.4) is 0 Å². The molecule has 2 nitrogen and oxygen atoms in total. The van der Waals surface area contributed by atoms with Crippen LogP contribution >= 0.6 is 11.6 Å². The molecule has 1 N–H and O–H groups in total. The molecule has 1 aromatic carbocycles. The third-order valence-electron chi connectivity index (χ3n) is 4.34. The Morgan fingerprint density at radius 2 is 2.15 bits per heavy atom. The first kappa shape index (κ1) is 14.3. The van der Waals surface area contributed by atoms with Crippen LogP contribution in [-0.4, -0.2) is 30.6 Å². The fourth-order valence-corrected chi connectivity index (χ4v) is 3.22. The Hall–Kier alpha value is -0.640. The first-order valence-corrected chi connectivity index (χ1v) is 7.99. The number of rotatable bonds is 5. The van der Waals surface area contributed by atoms with Gasteiger partial charge in [0, 0.05) is 29.7 Å². The number of piperidine rings is 1. The van der Waals surface area contributed by atoms with Crippen molar-refractivity contribution in [3.05, 3.63) is 34.6 Å². The fourth-order valence-electron chi connectivity index (χ4n) is 3.06. The summed E-state index contributed by atoms with van der Waals surface area (Å²) in [6, 6.07) is 5.69. The van der Waals surface area contributed by atoms with E-state index < -0.39 is 0 Å². The molecule has 1 heterocycles. The quantitative estimate of drug-likeness (QED) is 0.895. The molecule has 1 aliphatic carbocycles. The van der Waals surface area contributed by atoms with Crippen LogP contribution in [0.4, 0.5) is 4.39 Å². The lowest BCUT2D eigenvalue weighted by molar-refractivity contribution is 0.191. The number of benzene rings is 1. The van der Waals surface area contributed by atoms with Gasteiger partial charge in [0.15, 0.2) is 0 Å². The molecule has 3 rings (SSSR count). The lowest BCUT2D eigenvalue weighted by atomic mass is 9.98. The summed E-state index contributed by atoms with van der Waals surface area (Å²) < 4.78 is 13.9. The van der Waals surface area contributed by atoms with E-state index in [9.17, 15) is 4.39 Å². The van der Waals surface area contributed by atoms with E-state index in [2.05, 4.69) is 10.2 Å². The Bertz CT molecular complexity index is 456. The SMILES string of the molecule is Fc1cc(Cl)ccc1CN(CC1CCCNC1)C1CC1. The third-order valence-corrected chi connectivity index (χ3v) is 4.58. The van der Waals surface area contributed by atoms with E-state index in [1.165, 1.54) is 31.7 Å². The molecule has 1 aliphatic heterocycles. The molecule has 1 saturated heterocycles. The Morgan fingerprint density at radius 1 is 1.30 bits per heavy atom. The number of hydrogen-bond acceptors (Lipinski definition) is 2. The molecule has 0 spiro atoms. The average molecular weight is 297 g/mol. The van der Waals surface area contributed by atoms with E-state index in [0.717, 1.165) is 25.2 Å². The lowest BCUT2D eigenvalue weighted by Gasteiger charge is -2.30. The first-order chi connectivity index (χ1) is 9.72. The summed E-state index contributed by atoms with van der Waals surface area (Å²) in [5.74, 6) is 0.532. The summed E-state index contributed by atoms with van der Waals surface area (Å²) in [5, 5.41) is 3.94. The zero-order valence-electron chi connectivity index (χ0n) is 11.7. The second-order valence-corrected chi connectivity index (χ2v) is 6.55. The van der Waals surface area contributed by atoms with Crippen molar-refractivity contribution in [3.63, 3.8) is 0 Å². The fraction of sp³-hybridized carbons (Fsp3) is 0.625.